The summed E-state index contributed by atoms with van der Waals surface area (Å²) in [5.74, 6) is -0.140. The second-order valence-corrected chi connectivity index (χ2v) is 9.63. The number of carbonyl (C=O) groups excluding carboxylic acids is 1. The van der Waals surface area contributed by atoms with Crippen molar-refractivity contribution in [1.29, 1.82) is 0 Å². The maximum Gasteiger partial charge on any atom is 0.252 e. The van der Waals surface area contributed by atoms with Crippen LogP contribution in [0.2, 0.25) is 0 Å². The number of sulfonamides is 1. The molecule has 0 aliphatic rings. The van der Waals surface area contributed by atoms with Gasteiger partial charge in [-0.3, -0.25) is 4.79 Å². The SMILES string of the molecule is CCN(CC)S(=O)(=O)c1ccc(Br)c(C(=O)NC(c2ccccc2)C(C)C)c1. The predicted molar refractivity (Wildman–Crippen MR) is 116 cm³/mol. The molecule has 7 heteroatoms. The van der Waals surface area contributed by atoms with E-state index < -0.39 is 10.0 Å². The molecule has 0 fully saturated rings. The Morgan fingerprint density at radius 2 is 1.68 bits per heavy atom. The second kappa shape index (κ2) is 9.67. The Kier molecular flexibility index (Phi) is 7.80. The highest BCUT2D eigenvalue weighted by molar-refractivity contribution is 9.10. The Labute approximate surface area is 176 Å². The van der Waals surface area contributed by atoms with Gasteiger partial charge in [-0.1, -0.05) is 58.0 Å². The fourth-order valence-electron chi connectivity index (χ4n) is 3.07. The molecule has 2 aromatic carbocycles. The molecule has 0 radical (unpaired) electrons. The number of carbonyl (C=O) groups is 1. The van der Waals surface area contributed by atoms with Gasteiger partial charge in [-0.15, -0.1) is 0 Å². The van der Waals surface area contributed by atoms with E-state index in [1.807, 2.05) is 44.2 Å². The lowest BCUT2D eigenvalue weighted by atomic mass is 9.95. The number of halogens is 1. The molecular formula is C21H27BrN2O3S. The Hall–Kier alpha value is -1.70. The van der Waals surface area contributed by atoms with E-state index in [-0.39, 0.29) is 22.8 Å². The number of hydrogen-bond acceptors (Lipinski definition) is 3. The lowest BCUT2D eigenvalue weighted by Gasteiger charge is -2.24. The second-order valence-electron chi connectivity index (χ2n) is 6.84. The first-order valence-corrected chi connectivity index (χ1v) is 11.6. The van der Waals surface area contributed by atoms with Crippen molar-refractivity contribution in [3.63, 3.8) is 0 Å². The summed E-state index contributed by atoms with van der Waals surface area (Å²) in [6.07, 6.45) is 0. The molecule has 1 amide bonds. The molecule has 1 atom stereocenters. The quantitative estimate of drug-likeness (QED) is 0.617. The molecule has 2 rings (SSSR count). The third-order valence-corrected chi connectivity index (χ3v) is 7.37. The van der Waals surface area contributed by atoms with Crippen LogP contribution in [0.4, 0.5) is 0 Å². The van der Waals surface area contributed by atoms with Crippen LogP contribution in [-0.2, 0) is 10.0 Å². The standard InChI is InChI=1S/C21H27BrN2O3S/c1-5-24(6-2)28(26,27)17-12-13-19(22)18(14-17)21(25)23-20(15(3)4)16-10-8-7-9-11-16/h7-15,20H,5-6H2,1-4H3,(H,23,25). The largest absolute Gasteiger partial charge is 0.345 e. The van der Waals surface area contributed by atoms with Crippen molar-refractivity contribution in [3.8, 4) is 0 Å². The van der Waals surface area contributed by atoms with E-state index in [1.165, 1.54) is 16.4 Å². The van der Waals surface area contributed by atoms with Crippen LogP contribution in [0.5, 0.6) is 0 Å². The van der Waals surface area contributed by atoms with Gasteiger partial charge in [0, 0.05) is 17.6 Å². The fourth-order valence-corrected chi connectivity index (χ4v) is 4.98. The topological polar surface area (TPSA) is 66.5 Å². The van der Waals surface area contributed by atoms with Crippen molar-refractivity contribution >= 4 is 31.9 Å². The zero-order chi connectivity index (χ0) is 20.9. The van der Waals surface area contributed by atoms with Crippen LogP contribution >= 0.6 is 15.9 Å². The number of benzene rings is 2. The highest BCUT2D eigenvalue weighted by Gasteiger charge is 2.25. The van der Waals surface area contributed by atoms with Crippen molar-refractivity contribution in [2.45, 2.75) is 38.6 Å². The van der Waals surface area contributed by atoms with Gasteiger partial charge in [0.25, 0.3) is 5.91 Å². The van der Waals surface area contributed by atoms with Crippen LogP contribution < -0.4 is 5.32 Å². The molecule has 0 aliphatic heterocycles. The summed E-state index contributed by atoms with van der Waals surface area (Å²) in [6, 6.07) is 14.1. The maximum atomic E-state index is 13.0. The average Bonchev–Trinajstić information content (AvgIpc) is 2.67. The van der Waals surface area contributed by atoms with Crippen molar-refractivity contribution in [2.75, 3.05) is 13.1 Å². The summed E-state index contributed by atoms with van der Waals surface area (Å²) in [5, 5.41) is 3.05. The van der Waals surface area contributed by atoms with E-state index in [9.17, 15) is 13.2 Å². The van der Waals surface area contributed by atoms with Gasteiger partial charge < -0.3 is 5.32 Å². The van der Waals surface area contributed by atoms with Gasteiger partial charge in [0.1, 0.15) is 0 Å². The van der Waals surface area contributed by atoms with Crippen molar-refractivity contribution < 1.29 is 13.2 Å². The van der Waals surface area contributed by atoms with E-state index in [0.29, 0.717) is 23.1 Å². The number of nitrogens with zero attached hydrogens (tertiary/aromatic N) is 1. The molecular weight excluding hydrogens is 440 g/mol. The number of nitrogens with one attached hydrogen (secondary N) is 1. The van der Waals surface area contributed by atoms with E-state index in [2.05, 4.69) is 21.2 Å². The van der Waals surface area contributed by atoms with Gasteiger partial charge in [0.15, 0.2) is 0 Å². The number of amides is 1. The summed E-state index contributed by atoms with van der Waals surface area (Å²) in [5.41, 5.74) is 1.31. The van der Waals surface area contributed by atoms with Gasteiger partial charge in [-0.05, 0) is 45.6 Å². The summed E-state index contributed by atoms with van der Waals surface area (Å²) in [6.45, 7) is 8.41. The highest BCUT2D eigenvalue weighted by Crippen LogP contribution is 2.26. The Balaban J connectivity index is 2.38. The molecule has 0 aromatic heterocycles. The third-order valence-electron chi connectivity index (χ3n) is 4.64. The van der Waals surface area contributed by atoms with E-state index in [1.54, 1.807) is 19.9 Å². The van der Waals surface area contributed by atoms with Crippen LogP contribution in [0.15, 0.2) is 57.9 Å². The molecule has 0 heterocycles. The summed E-state index contributed by atoms with van der Waals surface area (Å²) >= 11 is 3.38. The summed E-state index contributed by atoms with van der Waals surface area (Å²) in [7, 11) is -3.64. The molecule has 28 heavy (non-hydrogen) atoms. The molecule has 0 spiro atoms. The number of hydrogen-bond donors (Lipinski definition) is 1. The zero-order valence-electron chi connectivity index (χ0n) is 16.6. The van der Waals surface area contributed by atoms with Gasteiger partial charge in [0.2, 0.25) is 10.0 Å². The molecule has 1 N–H and O–H groups in total. The fraction of sp³-hybridized carbons (Fsp3) is 0.381. The molecule has 1 unspecified atom stereocenters. The minimum atomic E-state index is -3.64. The maximum absolute atomic E-state index is 13.0. The minimum absolute atomic E-state index is 0.116. The van der Waals surface area contributed by atoms with Crippen LogP contribution in [0.25, 0.3) is 0 Å². The average molecular weight is 467 g/mol. The first kappa shape index (κ1) is 22.6. The lowest BCUT2D eigenvalue weighted by molar-refractivity contribution is 0.0924. The summed E-state index contributed by atoms with van der Waals surface area (Å²) in [4.78, 5) is 13.1. The van der Waals surface area contributed by atoms with Gasteiger partial charge in [-0.25, -0.2) is 8.42 Å². The summed E-state index contributed by atoms with van der Waals surface area (Å²) < 4.78 is 27.6. The minimum Gasteiger partial charge on any atom is -0.345 e. The van der Waals surface area contributed by atoms with Crippen molar-refractivity contribution in [1.82, 2.24) is 9.62 Å². The zero-order valence-corrected chi connectivity index (χ0v) is 19.0. The normalized spacial score (nSPS) is 13.0. The first-order chi connectivity index (χ1) is 13.2. The molecule has 152 valence electrons. The monoisotopic (exact) mass is 466 g/mol. The molecule has 0 saturated carbocycles. The Morgan fingerprint density at radius 1 is 1.07 bits per heavy atom. The Bertz CT molecular complexity index is 911. The van der Waals surface area contributed by atoms with E-state index in [4.69, 9.17) is 0 Å². The highest BCUT2D eigenvalue weighted by atomic mass is 79.9. The first-order valence-electron chi connectivity index (χ1n) is 9.37. The Morgan fingerprint density at radius 3 is 2.21 bits per heavy atom. The molecule has 0 bridgehead atoms. The van der Waals surface area contributed by atoms with E-state index in [0.717, 1.165) is 5.56 Å². The van der Waals surface area contributed by atoms with Gasteiger partial charge >= 0.3 is 0 Å². The van der Waals surface area contributed by atoms with Crippen LogP contribution in [0.3, 0.4) is 0 Å². The van der Waals surface area contributed by atoms with E-state index >= 15 is 0 Å². The van der Waals surface area contributed by atoms with Crippen LogP contribution in [0, 0.1) is 5.92 Å². The van der Waals surface area contributed by atoms with Gasteiger partial charge in [0.05, 0.1) is 16.5 Å². The number of rotatable bonds is 8. The lowest BCUT2D eigenvalue weighted by Crippen LogP contribution is -2.33. The third kappa shape index (κ3) is 5.01. The van der Waals surface area contributed by atoms with Crippen LogP contribution in [-0.4, -0.2) is 31.7 Å². The molecule has 5 nitrogen and oxygen atoms in total. The predicted octanol–water partition coefficient (Wildman–Crippen LogP) is 4.61. The van der Waals surface area contributed by atoms with Crippen molar-refractivity contribution in [2.24, 2.45) is 5.92 Å². The van der Waals surface area contributed by atoms with Gasteiger partial charge in [-0.2, -0.15) is 4.31 Å². The molecule has 0 saturated heterocycles. The van der Waals surface area contributed by atoms with Crippen molar-refractivity contribution in [3.05, 3.63) is 64.1 Å². The smallest absolute Gasteiger partial charge is 0.252 e. The molecule has 0 aliphatic carbocycles. The molecule has 2 aromatic rings. The van der Waals surface area contributed by atoms with Crippen LogP contribution in [0.1, 0.15) is 49.7 Å².